The molecule has 0 N–H and O–H groups in total. The molecule has 1 aliphatic heterocycles. The maximum atomic E-state index is 10.2. The monoisotopic (exact) mass is 267 g/mol. The SMILES string of the molecule is O=CCCCCCCCCCCCN1CCCCC1. The van der Waals surface area contributed by atoms with E-state index in [0.717, 1.165) is 19.1 Å². The quantitative estimate of drug-likeness (QED) is 0.381. The smallest absolute Gasteiger partial charge is 0.119 e. The molecule has 0 aromatic rings. The van der Waals surface area contributed by atoms with Gasteiger partial charge in [0.15, 0.2) is 0 Å². The highest BCUT2D eigenvalue weighted by atomic mass is 16.1. The Hall–Kier alpha value is -0.370. The number of unbranched alkanes of at least 4 members (excludes halogenated alkanes) is 9. The predicted molar refractivity (Wildman–Crippen MR) is 82.5 cm³/mol. The van der Waals surface area contributed by atoms with Crippen molar-refractivity contribution in [3.63, 3.8) is 0 Å². The minimum absolute atomic E-state index is 0.760. The first-order valence-electron chi connectivity index (χ1n) is 8.59. The van der Waals surface area contributed by atoms with Gasteiger partial charge in [0.05, 0.1) is 0 Å². The summed E-state index contributed by atoms with van der Waals surface area (Å²) in [5, 5.41) is 0. The van der Waals surface area contributed by atoms with E-state index in [1.54, 1.807) is 0 Å². The summed E-state index contributed by atoms with van der Waals surface area (Å²) < 4.78 is 0. The van der Waals surface area contributed by atoms with Crippen LogP contribution in [-0.2, 0) is 4.79 Å². The molecule has 2 heteroatoms. The number of likely N-dealkylation sites (tertiary alicyclic amines) is 1. The lowest BCUT2D eigenvalue weighted by atomic mass is 10.1. The summed E-state index contributed by atoms with van der Waals surface area (Å²) in [6.07, 6.45) is 18.2. The van der Waals surface area contributed by atoms with Gasteiger partial charge in [0.1, 0.15) is 6.29 Å². The highest BCUT2D eigenvalue weighted by Crippen LogP contribution is 2.12. The fraction of sp³-hybridized carbons (Fsp3) is 0.941. The van der Waals surface area contributed by atoms with Crippen LogP contribution in [0.2, 0.25) is 0 Å². The third-order valence-electron chi connectivity index (χ3n) is 4.25. The van der Waals surface area contributed by atoms with Crippen LogP contribution >= 0.6 is 0 Å². The molecule has 0 bridgehead atoms. The third kappa shape index (κ3) is 10.1. The first kappa shape index (κ1) is 16.7. The second-order valence-corrected chi connectivity index (χ2v) is 6.04. The second-order valence-electron chi connectivity index (χ2n) is 6.04. The first-order valence-corrected chi connectivity index (χ1v) is 8.59. The number of carbonyl (C=O) groups excluding carboxylic acids is 1. The van der Waals surface area contributed by atoms with Crippen molar-refractivity contribution in [1.82, 2.24) is 4.90 Å². The molecule has 0 amide bonds. The number of carbonyl (C=O) groups is 1. The van der Waals surface area contributed by atoms with Crippen LogP contribution in [0.25, 0.3) is 0 Å². The standard InChI is InChI=1S/C17H33NO/c19-17-13-8-6-4-2-1-3-5-7-10-14-18-15-11-9-12-16-18/h17H,1-16H2. The Morgan fingerprint density at radius 1 is 0.684 bits per heavy atom. The Kier molecular flexibility index (Phi) is 11.1. The Bertz CT molecular complexity index is 199. The molecule has 0 radical (unpaired) electrons. The molecule has 0 spiro atoms. The van der Waals surface area contributed by atoms with Gasteiger partial charge in [-0.15, -0.1) is 0 Å². The number of piperidine rings is 1. The van der Waals surface area contributed by atoms with Crippen LogP contribution in [0.1, 0.15) is 83.5 Å². The molecule has 0 aromatic carbocycles. The van der Waals surface area contributed by atoms with Gasteiger partial charge in [-0.3, -0.25) is 0 Å². The van der Waals surface area contributed by atoms with Gasteiger partial charge in [-0.25, -0.2) is 0 Å². The van der Waals surface area contributed by atoms with E-state index in [1.807, 2.05) is 0 Å². The van der Waals surface area contributed by atoms with E-state index < -0.39 is 0 Å². The van der Waals surface area contributed by atoms with Crippen molar-refractivity contribution in [3.8, 4) is 0 Å². The van der Waals surface area contributed by atoms with E-state index in [-0.39, 0.29) is 0 Å². The van der Waals surface area contributed by atoms with Crippen LogP contribution in [0.5, 0.6) is 0 Å². The lowest BCUT2D eigenvalue weighted by molar-refractivity contribution is -0.107. The van der Waals surface area contributed by atoms with Crippen LogP contribution in [0, 0.1) is 0 Å². The molecule has 2 nitrogen and oxygen atoms in total. The molecule has 1 saturated heterocycles. The summed E-state index contributed by atoms with van der Waals surface area (Å²) in [5.41, 5.74) is 0. The van der Waals surface area contributed by atoms with E-state index in [9.17, 15) is 4.79 Å². The molecule has 0 aromatic heterocycles. The van der Waals surface area contributed by atoms with E-state index in [1.165, 1.54) is 90.3 Å². The van der Waals surface area contributed by atoms with Gasteiger partial charge in [0.25, 0.3) is 0 Å². The lowest BCUT2D eigenvalue weighted by Gasteiger charge is -2.26. The zero-order chi connectivity index (χ0) is 13.6. The number of rotatable bonds is 12. The molecular weight excluding hydrogens is 234 g/mol. The Morgan fingerprint density at radius 2 is 1.21 bits per heavy atom. The highest BCUT2D eigenvalue weighted by molar-refractivity contribution is 5.48. The van der Waals surface area contributed by atoms with E-state index in [4.69, 9.17) is 0 Å². The van der Waals surface area contributed by atoms with Crippen molar-refractivity contribution in [2.24, 2.45) is 0 Å². The number of hydrogen-bond acceptors (Lipinski definition) is 2. The minimum Gasteiger partial charge on any atom is -0.303 e. The zero-order valence-electron chi connectivity index (χ0n) is 12.7. The maximum Gasteiger partial charge on any atom is 0.119 e. The summed E-state index contributed by atoms with van der Waals surface area (Å²) in [5.74, 6) is 0. The lowest BCUT2D eigenvalue weighted by Crippen LogP contribution is -2.30. The third-order valence-corrected chi connectivity index (χ3v) is 4.25. The average molecular weight is 267 g/mol. The van der Waals surface area contributed by atoms with Gasteiger partial charge in [-0.1, -0.05) is 51.4 Å². The number of hydrogen-bond donors (Lipinski definition) is 0. The summed E-state index contributed by atoms with van der Waals surface area (Å²) >= 11 is 0. The van der Waals surface area contributed by atoms with Gasteiger partial charge in [-0.05, 0) is 45.3 Å². The molecule has 1 fully saturated rings. The van der Waals surface area contributed by atoms with Crippen LogP contribution in [0.4, 0.5) is 0 Å². The van der Waals surface area contributed by atoms with E-state index in [2.05, 4.69) is 4.90 Å². The molecule has 112 valence electrons. The van der Waals surface area contributed by atoms with Crippen LogP contribution in [-0.4, -0.2) is 30.8 Å². The van der Waals surface area contributed by atoms with Gasteiger partial charge in [0.2, 0.25) is 0 Å². The summed E-state index contributed by atoms with van der Waals surface area (Å²) in [4.78, 5) is 12.8. The van der Waals surface area contributed by atoms with Crippen molar-refractivity contribution in [2.45, 2.75) is 83.5 Å². The first-order chi connectivity index (χ1) is 9.43. The molecule has 0 saturated carbocycles. The normalized spacial score (nSPS) is 16.6. The Labute approximate surface area is 119 Å². The van der Waals surface area contributed by atoms with Crippen molar-refractivity contribution in [1.29, 1.82) is 0 Å². The van der Waals surface area contributed by atoms with Gasteiger partial charge >= 0.3 is 0 Å². The topological polar surface area (TPSA) is 20.3 Å². The van der Waals surface area contributed by atoms with Crippen LogP contribution < -0.4 is 0 Å². The molecular formula is C17H33NO. The average Bonchev–Trinajstić information content (AvgIpc) is 2.46. The maximum absolute atomic E-state index is 10.2. The van der Waals surface area contributed by atoms with E-state index >= 15 is 0 Å². The minimum atomic E-state index is 0.760. The molecule has 0 unspecified atom stereocenters. The molecule has 0 aliphatic carbocycles. The van der Waals surface area contributed by atoms with Crippen LogP contribution in [0.15, 0.2) is 0 Å². The summed E-state index contributed by atoms with van der Waals surface area (Å²) in [6.45, 7) is 4.03. The fourth-order valence-corrected chi connectivity index (χ4v) is 2.98. The van der Waals surface area contributed by atoms with E-state index in [0.29, 0.717) is 0 Å². The second kappa shape index (κ2) is 12.7. The molecule has 0 atom stereocenters. The van der Waals surface area contributed by atoms with Crippen LogP contribution in [0.3, 0.4) is 0 Å². The summed E-state index contributed by atoms with van der Waals surface area (Å²) in [7, 11) is 0. The number of nitrogens with zero attached hydrogens (tertiary/aromatic N) is 1. The van der Waals surface area contributed by atoms with Gasteiger partial charge in [-0.2, -0.15) is 0 Å². The van der Waals surface area contributed by atoms with Gasteiger partial charge in [0, 0.05) is 6.42 Å². The molecule has 1 rings (SSSR count). The van der Waals surface area contributed by atoms with Crippen molar-refractivity contribution < 1.29 is 4.79 Å². The van der Waals surface area contributed by atoms with Crippen molar-refractivity contribution in [2.75, 3.05) is 19.6 Å². The summed E-state index contributed by atoms with van der Waals surface area (Å²) in [6, 6.07) is 0. The van der Waals surface area contributed by atoms with Crippen molar-refractivity contribution >= 4 is 6.29 Å². The fourth-order valence-electron chi connectivity index (χ4n) is 2.98. The number of aldehydes is 1. The molecule has 1 aliphatic rings. The molecule has 1 heterocycles. The highest BCUT2D eigenvalue weighted by Gasteiger charge is 2.08. The van der Waals surface area contributed by atoms with Crippen molar-refractivity contribution in [3.05, 3.63) is 0 Å². The molecule has 19 heavy (non-hydrogen) atoms. The Balaban J connectivity index is 1.72. The largest absolute Gasteiger partial charge is 0.303 e. The predicted octanol–water partition coefficient (Wildman–Crippen LogP) is 4.57. The Morgan fingerprint density at radius 3 is 1.79 bits per heavy atom. The van der Waals surface area contributed by atoms with Gasteiger partial charge < -0.3 is 9.69 Å². The zero-order valence-corrected chi connectivity index (χ0v) is 12.7.